The van der Waals surface area contributed by atoms with Crippen molar-refractivity contribution in [2.75, 3.05) is 14.2 Å². The van der Waals surface area contributed by atoms with Gasteiger partial charge in [0.15, 0.2) is 5.69 Å². The second kappa shape index (κ2) is 6.75. The zero-order valence-electron chi connectivity index (χ0n) is 13.0. The maximum Gasteiger partial charge on any atom is 0.358 e. The van der Waals surface area contributed by atoms with Gasteiger partial charge in [0.25, 0.3) is 5.56 Å². The monoisotopic (exact) mass is 313 g/mol. The molecule has 0 radical (unpaired) electrons. The van der Waals surface area contributed by atoms with Crippen LogP contribution < -0.4 is 10.3 Å². The molecule has 0 aliphatic carbocycles. The van der Waals surface area contributed by atoms with E-state index in [0.717, 1.165) is 4.68 Å². The Bertz CT molecular complexity index is 832. The van der Waals surface area contributed by atoms with Crippen molar-refractivity contribution < 1.29 is 14.3 Å². The largest absolute Gasteiger partial charge is 0.497 e. The van der Waals surface area contributed by atoms with Crippen molar-refractivity contribution >= 4 is 5.97 Å². The Kier molecular flexibility index (Phi) is 4.76. The van der Waals surface area contributed by atoms with Gasteiger partial charge in [-0.1, -0.05) is 6.92 Å². The van der Waals surface area contributed by atoms with Gasteiger partial charge < -0.3 is 9.47 Å². The molecule has 0 amide bonds. The first kappa shape index (κ1) is 16.2. The molecule has 0 bridgehead atoms. The maximum absolute atomic E-state index is 12.5. The van der Waals surface area contributed by atoms with Gasteiger partial charge in [0.05, 0.1) is 19.9 Å². The molecule has 0 saturated carbocycles. The summed E-state index contributed by atoms with van der Waals surface area (Å²) < 4.78 is 10.8. The molecule has 0 N–H and O–H groups in total. The summed E-state index contributed by atoms with van der Waals surface area (Å²) in [6, 6.07) is 8.39. The highest BCUT2D eigenvalue weighted by molar-refractivity contribution is 5.89. The molecule has 1 aromatic heterocycles. The molecule has 23 heavy (non-hydrogen) atoms. The van der Waals surface area contributed by atoms with Crippen LogP contribution in [0.1, 0.15) is 28.5 Å². The van der Waals surface area contributed by atoms with Gasteiger partial charge in [0.2, 0.25) is 0 Å². The number of hydrogen-bond donors (Lipinski definition) is 0. The van der Waals surface area contributed by atoms with Crippen LogP contribution in [0, 0.1) is 11.3 Å². The highest BCUT2D eigenvalue weighted by Crippen LogP contribution is 2.16. The lowest BCUT2D eigenvalue weighted by atomic mass is 10.1. The number of nitriles is 1. The zero-order chi connectivity index (χ0) is 17.0. The third kappa shape index (κ3) is 2.92. The van der Waals surface area contributed by atoms with E-state index in [-0.39, 0.29) is 16.8 Å². The average Bonchev–Trinajstić information content (AvgIpc) is 2.60. The van der Waals surface area contributed by atoms with E-state index in [1.165, 1.54) is 14.2 Å². The molecular formula is C16H15N3O4. The Balaban J connectivity index is 2.75. The second-order valence-electron chi connectivity index (χ2n) is 4.57. The van der Waals surface area contributed by atoms with Gasteiger partial charge in [0.1, 0.15) is 17.4 Å². The first-order valence-electron chi connectivity index (χ1n) is 6.86. The van der Waals surface area contributed by atoms with E-state index in [4.69, 9.17) is 9.47 Å². The molecule has 2 aromatic rings. The lowest BCUT2D eigenvalue weighted by molar-refractivity contribution is 0.0590. The van der Waals surface area contributed by atoms with E-state index in [1.807, 2.05) is 6.07 Å². The predicted octanol–water partition coefficient (Wildman–Crippen LogP) is 1.46. The minimum absolute atomic E-state index is 0.0398. The number of rotatable bonds is 4. The van der Waals surface area contributed by atoms with Crippen LogP contribution in [0.3, 0.4) is 0 Å². The minimum atomic E-state index is -0.694. The van der Waals surface area contributed by atoms with Crippen LogP contribution in [0.15, 0.2) is 29.1 Å². The molecular weight excluding hydrogens is 298 g/mol. The summed E-state index contributed by atoms with van der Waals surface area (Å²) in [6.45, 7) is 1.74. The number of ether oxygens (including phenoxy) is 2. The Hall–Kier alpha value is -3.14. The van der Waals surface area contributed by atoms with Crippen molar-refractivity contribution in [2.24, 2.45) is 0 Å². The summed E-state index contributed by atoms with van der Waals surface area (Å²) in [5.74, 6) is -0.0821. The highest BCUT2D eigenvalue weighted by Gasteiger charge is 2.22. The average molecular weight is 313 g/mol. The van der Waals surface area contributed by atoms with E-state index in [1.54, 1.807) is 31.2 Å². The number of aromatic nitrogens is 2. The SMILES string of the molecule is CCc1c(C(=O)OC)nn(-c2ccc(OC)cc2)c(=O)c1C#N. The fourth-order valence-corrected chi connectivity index (χ4v) is 2.18. The van der Waals surface area contributed by atoms with Crippen molar-refractivity contribution in [1.29, 1.82) is 5.26 Å². The number of methoxy groups -OCH3 is 2. The van der Waals surface area contributed by atoms with Crippen molar-refractivity contribution in [3.8, 4) is 17.5 Å². The molecule has 7 nitrogen and oxygen atoms in total. The van der Waals surface area contributed by atoms with Gasteiger partial charge in [0, 0.05) is 5.56 Å². The second-order valence-corrected chi connectivity index (χ2v) is 4.57. The molecule has 118 valence electrons. The Morgan fingerprint density at radius 2 is 1.96 bits per heavy atom. The van der Waals surface area contributed by atoms with Crippen LogP contribution in [0.2, 0.25) is 0 Å². The number of esters is 1. The third-order valence-electron chi connectivity index (χ3n) is 3.35. The molecule has 0 aliphatic rings. The molecule has 0 saturated heterocycles. The zero-order valence-corrected chi connectivity index (χ0v) is 13.0. The predicted molar refractivity (Wildman–Crippen MR) is 81.8 cm³/mol. The van der Waals surface area contributed by atoms with E-state index in [2.05, 4.69) is 5.10 Å². The number of nitrogens with zero attached hydrogens (tertiary/aromatic N) is 3. The van der Waals surface area contributed by atoms with Gasteiger partial charge in [-0.3, -0.25) is 4.79 Å². The van der Waals surface area contributed by atoms with E-state index in [9.17, 15) is 14.9 Å². The van der Waals surface area contributed by atoms with Crippen molar-refractivity contribution in [3.05, 3.63) is 51.4 Å². The van der Waals surface area contributed by atoms with Crippen LogP contribution in [-0.4, -0.2) is 30.0 Å². The Morgan fingerprint density at radius 1 is 1.30 bits per heavy atom. The van der Waals surface area contributed by atoms with E-state index >= 15 is 0 Å². The van der Waals surface area contributed by atoms with Crippen LogP contribution in [0.25, 0.3) is 5.69 Å². The maximum atomic E-state index is 12.5. The molecule has 0 unspecified atom stereocenters. The van der Waals surface area contributed by atoms with Crippen LogP contribution in [0.4, 0.5) is 0 Å². The van der Waals surface area contributed by atoms with Crippen LogP contribution in [-0.2, 0) is 11.2 Å². The van der Waals surface area contributed by atoms with Crippen LogP contribution in [0.5, 0.6) is 5.75 Å². The van der Waals surface area contributed by atoms with Gasteiger partial charge in [-0.25, -0.2) is 4.79 Å². The minimum Gasteiger partial charge on any atom is -0.497 e. The van der Waals surface area contributed by atoms with E-state index in [0.29, 0.717) is 17.9 Å². The standard InChI is InChI=1S/C16H15N3O4/c1-4-12-13(9-17)15(20)19(18-14(12)16(21)23-3)10-5-7-11(22-2)8-6-10/h5-8H,4H2,1-3H3. The van der Waals surface area contributed by atoms with Gasteiger partial charge in [-0.2, -0.15) is 15.0 Å². The lowest BCUT2D eigenvalue weighted by Gasteiger charge is -2.11. The molecule has 1 heterocycles. The third-order valence-corrected chi connectivity index (χ3v) is 3.35. The molecule has 2 rings (SSSR count). The molecule has 7 heteroatoms. The number of carbonyl (C=O) groups excluding carboxylic acids is 1. The topological polar surface area (TPSA) is 94.2 Å². The molecule has 0 spiro atoms. The van der Waals surface area contributed by atoms with Crippen LogP contribution >= 0.6 is 0 Å². The van der Waals surface area contributed by atoms with Crippen molar-refractivity contribution in [3.63, 3.8) is 0 Å². The fraction of sp³-hybridized carbons (Fsp3) is 0.250. The molecule has 1 aromatic carbocycles. The fourth-order valence-electron chi connectivity index (χ4n) is 2.18. The normalized spacial score (nSPS) is 10.0. The van der Waals surface area contributed by atoms with Gasteiger partial charge in [-0.05, 0) is 30.7 Å². The summed E-state index contributed by atoms with van der Waals surface area (Å²) >= 11 is 0. The number of hydrogen-bond acceptors (Lipinski definition) is 6. The summed E-state index contributed by atoms with van der Waals surface area (Å²) in [7, 11) is 2.75. The smallest absolute Gasteiger partial charge is 0.358 e. The summed E-state index contributed by atoms with van der Waals surface area (Å²) in [5, 5.41) is 13.4. The van der Waals surface area contributed by atoms with E-state index < -0.39 is 11.5 Å². The first-order chi connectivity index (χ1) is 11.1. The first-order valence-corrected chi connectivity index (χ1v) is 6.86. The van der Waals surface area contributed by atoms with Gasteiger partial charge in [-0.15, -0.1) is 0 Å². The summed E-state index contributed by atoms with van der Waals surface area (Å²) in [6.07, 6.45) is 0.318. The van der Waals surface area contributed by atoms with Gasteiger partial charge >= 0.3 is 5.97 Å². The molecule has 0 fully saturated rings. The Labute approximate surface area is 132 Å². The van der Waals surface area contributed by atoms with Crippen molar-refractivity contribution in [2.45, 2.75) is 13.3 Å². The summed E-state index contributed by atoms with van der Waals surface area (Å²) in [5.41, 5.74) is -0.0305. The summed E-state index contributed by atoms with van der Waals surface area (Å²) in [4.78, 5) is 24.4. The molecule has 0 aliphatic heterocycles. The quantitative estimate of drug-likeness (QED) is 0.793. The number of benzene rings is 1. The van der Waals surface area contributed by atoms with Crippen molar-refractivity contribution in [1.82, 2.24) is 9.78 Å². The lowest BCUT2D eigenvalue weighted by Crippen LogP contribution is -2.29. The molecule has 0 atom stereocenters. The Morgan fingerprint density at radius 3 is 2.43 bits per heavy atom. The number of carbonyl (C=O) groups is 1. The highest BCUT2D eigenvalue weighted by atomic mass is 16.5.